The summed E-state index contributed by atoms with van der Waals surface area (Å²) in [6.07, 6.45) is 93.0. The number of esters is 3. The van der Waals surface area contributed by atoms with Crippen molar-refractivity contribution in [1.29, 1.82) is 0 Å². The Bertz CT molecular complexity index is 1580. The monoisotopic (exact) mass is 1130 g/mol. The fraction of sp³-hybridized carbons (Fsp3) is 0.747. The van der Waals surface area contributed by atoms with Gasteiger partial charge in [0.2, 0.25) is 0 Å². The SMILES string of the molecule is CC/C=C\C/C=C\C/C=C\C/C=C\CCCCCCCCCCCCCCCCCCCCCCC(=O)OCC(COC(=O)CCCCCCC/C=C\C/C=C\CCCCC)OC(=O)CCCCCCC/C=C\C/C=C\CCCCC. The number of allylic oxidation sites excluding steroid dienone is 16. The average Bonchev–Trinajstić information content (AvgIpc) is 3.47. The van der Waals surface area contributed by atoms with Crippen LogP contribution in [0.1, 0.15) is 342 Å². The number of hydrogen-bond donors (Lipinski definition) is 0. The largest absolute Gasteiger partial charge is 0.462 e. The third-order valence-electron chi connectivity index (χ3n) is 15.0. The van der Waals surface area contributed by atoms with Crippen LogP contribution in [0.25, 0.3) is 0 Å². The standard InChI is InChI=1S/C75H130O6/c1-4-7-10-13-16-19-22-25-28-29-30-31-32-33-34-35-36-37-38-39-40-41-42-43-44-45-48-50-53-56-59-62-65-68-74(77)80-71-72(81-75(78)69-66-63-60-57-54-51-47-27-24-21-18-15-12-9-6-3)70-79-73(76)67-64-61-58-55-52-49-46-26-23-20-17-14-11-8-5-2/h7,10,16-21,25-28,30-31,46-47,72H,4-6,8-9,11-15,22-24,29,32-45,48-71H2,1-3H3/b10-7-,19-16-,20-17-,21-18-,28-25-,31-30-,46-26-,47-27-. The third kappa shape index (κ3) is 67.0. The van der Waals surface area contributed by atoms with Crippen LogP contribution in [0.3, 0.4) is 0 Å². The number of unbranched alkanes of at least 4 members (excludes halogenated alkanes) is 36. The molecule has 0 aromatic carbocycles. The number of rotatable bonds is 63. The Kier molecular flexibility index (Phi) is 65.7. The summed E-state index contributed by atoms with van der Waals surface area (Å²) in [6, 6.07) is 0. The number of carbonyl (C=O) groups excluding carboxylic acids is 3. The summed E-state index contributed by atoms with van der Waals surface area (Å²) < 4.78 is 16.9. The van der Waals surface area contributed by atoms with Crippen LogP contribution in [-0.2, 0) is 28.6 Å². The van der Waals surface area contributed by atoms with Gasteiger partial charge < -0.3 is 14.2 Å². The minimum Gasteiger partial charge on any atom is -0.462 e. The van der Waals surface area contributed by atoms with E-state index in [4.69, 9.17) is 14.2 Å². The summed E-state index contributed by atoms with van der Waals surface area (Å²) in [6.45, 7) is 6.49. The fourth-order valence-corrected chi connectivity index (χ4v) is 9.85. The molecular formula is C75H130O6. The Morgan fingerprint density at radius 3 is 0.753 bits per heavy atom. The zero-order valence-electron chi connectivity index (χ0n) is 53.5. The molecule has 466 valence electrons. The second-order valence-electron chi connectivity index (χ2n) is 23.1. The number of ether oxygens (including phenoxy) is 3. The minimum atomic E-state index is -0.790. The number of hydrogen-bond acceptors (Lipinski definition) is 6. The number of carbonyl (C=O) groups is 3. The van der Waals surface area contributed by atoms with E-state index in [1.54, 1.807) is 0 Å². The van der Waals surface area contributed by atoms with Crippen LogP contribution in [0.5, 0.6) is 0 Å². The van der Waals surface area contributed by atoms with E-state index in [0.717, 1.165) is 128 Å². The van der Waals surface area contributed by atoms with Crippen LogP contribution in [0.2, 0.25) is 0 Å². The molecule has 0 aromatic rings. The van der Waals surface area contributed by atoms with Gasteiger partial charge in [0.05, 0.1) is 0 Å². The van der Waals surface area contributed by atoms with Crippen molar-refractivity contribution in [2.24, 2.45) is 0 Å². The molecule has 0 bridgehead atoms. The molecule has 0 amide bonds. The van der Waals surface area contributed by atoms with E-state index in [9.17, 15) is 14.4 Å². The van der Waals surface area contributed by atoms with Gasteiger partial charge in [-0.2, -0.15) is 0 Å². The van der Waals surface area contributed by atoms with Gasteiger partial charge in [0, 0.05) is 19.3 Å². The van der Waals surface area contributed by atoms with Crippen LogP contribution in [0.4, 0.5) is 0 Å². The average molecular weight is 1130 g/mol. The van der Waals surface area contributed by atoms with Crippen LogP contribution in [-0.4, -0.2) is 37.2 Å². The zero-order chi connectivity index (χ0) is 58.5. The predicted molar refractivity (Wildman–Crippen MR) is 353 cm³/mol. The van der Waals surface area contributed by atoms with Crippen molar-refractivity contribution in [3.63, 3.8) is 0 Å². The van der Waals surface area contributed by atoms with E-state index in [1.165, 1.54) is 173 Å². The van der Waals surface area contributed by atoms with Crippen LogP contribution < -0.4 is 0 Å². The molecule has 0 fully saturated rings. The summed E-state index contributed by atoms with van der Waals surface area (Å²) >= 11 is 0. The maximum atomic E-state index is 12.9. The highest BCUT2D eigenvalue weighted by molar-refractivity contribution is 5.71. The summed E-state index contributed by atoms with van der Waals surface area (Å²) in [5, 5.41) is 0. The van der Waals surface area contributed by atoms with E-state index in [-0.39, 0.29) is 31.1 Å². The second-order valence-corrected chi connectivity index (χ2v) is 23.1. The van der Waals surface area contributed by atoms with Gasteiger partial charge in [0.15, 0.2) is 6.10 Å². The van der Waals surface area contributed by atoms with E-state index in [1.807, 2.05) is 0 Å². The van der Waals surface area contributed by atoms with Crippen molar-refractivity contribution < 1.29 is 28.6 Å². The molecule has 0 heterocycles. The highest BCUT2D eigenvalue weighted by atomic mass is 16.6. The van der Waals surface area contributed by atoms with Crippen molar-refractivity contribution in [3.05, 3.63) is 97.2 Å². The Morgan fingerprint density at radius 2 is 0.481 bits per heavy atom. The van der Waals surface area contributed by atoms with Gasteiger partial charge in [-0.05, 0) is 122 Å². The van der Waals surface area contributed by atoms with Gasteiger partial charge in [-0.15, -0.1) is 0 Å². The normalized spacial score (nSPS) is 12.7. The first kappa shape index (κ1) is 77.3. The molecule has 0 aliphatic rings. The van der Waals surface area contributed by atoms with Gasteiger partial charge in [-0.1, -0.05) is 298 Å². The molecule has 0 saturated heterocycles. The van der Waals surface area contributed by atoms with Gasteiger partial charge in [-0.3, -0.25) is 14.4 Å². The minimum absolute atomic E-state index is 0.0843. The molecule has 1 atom stereocenters. The molecule has 6 heteroatoms. The Hall–Kier alpha value is -3.67. The van der Waals surface area contributed by atoms with Gasteiger partial charge >= 0.3 is 17.9 Å². The maximum absolute atomic E-state index is 12.9. The molecule has 0 aliphatic heterocycles. The van der Waals surface area contributed by atoms with Crippen molar-refractivity contribution in [3.8, 4) is 0 Å². The van der Waals surface area contributed by atoms with Gasteiger partial charge in [-0.25, -0.2) is 0 Å². The fourth-order valence-electron chi connectivity index (χ4n) is 9.85. The van der Waals surface area contributed by atoms with E-state index >= 15 is 0 Å². The lowest BCUT2D eigenvalue weighted by Crippen LogP contribution is -2.30. The Balaban J connectivity index is 4.17. The van der Waals surface area contributed by atoms with Gasteiger partial charge in [0.1, 0.15) is 13.2 Å². The lowest BCUT2D eigenvalue weighted by atomic mass is 10.0. The summed E-state index contributed by atoms with van der Waals surface area (Å²) in [5.74, 6) is -0.898. The third-order valence-corrected chi connectivity index (χ3v) is 15.0. The quantitative estimate of drug-likeness (QED) is 0.0261. The Labute approximate surface area is 502 Å². The molecule has 0 radical (unpaired) electrons. The summed E-state index contributed by atoms with van der Waals surface area (Å²) in [5.41, 5.74) is 0. The molecule has 1 unspecified atom stereocenters. The van der Waals surface area contributed by atoms with Gasteiger partial charge in [0.25, 0.3) is 0 Å². The summed E-state index contributed by atoms with van der Waals surface area (Å²) in [7, 11) is 0. The lowest BCUT2D eigenvalue weighted by Gasteiger charge is -2.18. The highest BCUT2D eigenvalue weighted by Gasteiger charge is 2.19. The predicted octanol–water partition coefficient (Wildman–Crippen LogP) is 24.0. The van der Waals surface area contributed by atoms with Crippen LogP contribution in [0, 0.1) is 0 Å². The van der Waals surface area contributed by atoms with E-state index in [2.05, 4.69) is 118 Å². The second kappa shape index (κ2) is 68.8. The van der Waals surface area contributed by atoms with Crippen molar-refractivity contribution in [1.82, 2.24) is 0 Å². The smallest absolute Gasteiger partial charge is 0.306 e. The molecule has 81 heavy (non-hydrogen) atoms. The van der Waals surface area contributed by atoms with E-state index < -0.39 is 6.10 Å². The topological polar surface area (TPSA) is 78.9 Å². The van der Waals surface area contributed by atoms with Crippen molar-refractivity contribution >= 4 is 17.9 Å². The lowest BCUT2D eigenvalue weighted by molar-refractivity contribution is -0.167. The molecule has 0 spiro atoms. The molecule has 0 rings (SSSR count). The highest BCUT2D eigenvalue weighted by Crippen LogP contribution is 2.17. The van der Waals surface area contributed by atoms with Crippen LogP contribution in [0.15, 0.2) is 97.2 Å². The molecule has 0 aromatic heterocycles. The summed E-state index contributed by atoms with van der Waals surface area (Å²) in [4.78, 5) is 38.3. The molecule has 0 saturated carbocycles. The molecule has 6 nitrogen and oxygen atoms in total. The van der Waals surface area contributed by atoms with Crippen LogP contribution >= 0.6 is 0 Å². The van der Waals surface area contributed by atoms with Crippen molar-refractivity contribution in [2.75, 3.05) is 13.2 Å². The van der Waals surface area contributed by atoms with E-state index in [0.29, 0.717) is 19.3 Å². The molecule has 0 N–H and O–H groups in total. The van der Waals surface area contributed by atoms with Crippen molar-refractivity contribution in [2.45, 2.75) is 348 Å². The maximum Gasteiger partial charge on any atom is 0.306 e. The first-order valence-electron chi connectivity index (χ1n) is 34.7. The first-order chi connectivity index (χ1) is 40.0. The molecule has 0 aliphatic carbocycles. The molecular weight excluding hydrogens is 997 g/mol. The first-order valence-corrected chi connectivity index (χ1v) is 34.7. The Morgan fingerprint density at radius 1 is 0.259 bits per heavy atom. The zero-order valence-corrected chi connectivity index (χ0v) is 53.5.